The van der Waals surface area contributed by atoms with E-state index in [9.17, 15) is 4.79 Å². The number of rotatable bonds is 4. The molecule has 0 radical (unpaired) electrons. The zero-order valence-corrected chi connectivity index (χ0v) is 12.5. The lowest BCUT2D eigenvalue weighted by molar-refractivity contribution is 0.0917. The van der Waals surface area contributed by atoms with E-state index in [0.29, 0.717) is 11.7 Å². The molecule has 1 aliphatic carbocycles. The first-order valence-corrected chi connectivity index (χ1v) is 8.00. The van der Waals surface area contributed by atoms with Gasteiger partial charge in [0.2, 0.25) is 0 Å². The summed E-state index contributed by atoms with van der Waals surface area (Å²) in [5, 5.41) is 5.71. The summed E-state index contributed by atoms with van der Waals surface area (Å²) in [6.45, 7) is 4.13. The Hall–Kier alpha value is -0.940. The number of nitrogens with two attached hydrogens (primary N) is 1. The van der Waals surface area contributed by atoms with Gasteiger partial charge in [-0.1, -0.05) is 13.3 Å². The predicted octanol–water partition coefficient (Wildman–Crippen LogP) is 2.86. The zero-order chi connectivity index (χ0) is 13.8. The summed E-state index contributed by atoms with van der Waals surface area (Å²) in [5.41, 5.74) is 6.27. The van der Waals surface area contributed by atoms with Crippen LogP contribution in [0.4, 0.5) is 0 Å². The van der Waals surface area contributed by atoms with Gasteiger partial charge in [0.05, 0.1) is 6.04 Å². The van der Waals surface area contributed by atoms with Crippen LogP contribution in [0, 0.1) is 5.92 Å². The Kier molecular flexibility index (Phi) is 4.93. The molecule has 5 heteroatoms. The third-order valence-electron chi connectivity index (χ3n) is 3.90. The Morgan fingerprint density at radius 3 is 2.74 bits per heavy atom. The lowest BCUT2D eigenvalue weighted by Crippen LogP contribution is -2.37. The van der Waals surface area contributed by atoms with Gasteiger partial charge in [0, 0.05) is 11.4 Å². The molecule has 19 heavy (non-hydrogen) atoms. The van der Waals surface area contributed by atoms with Crippen LogP contribution in [0.3, 0.4) is 0 Å². The number of nitrogens with one attached hydrogen (secondary N) is 1. The van der Waals surface area contributed by atoms with Crippen molar-refractivity contribution in [3.05, 3.63) is 16.1 Å². The van der Waals surface area contributed by atoms with E-state index in [-0.39, 0.29) is 11.9 Å². The van der Waals surface area contributed by atoms with Gasteiger partial charge < -0.3 is 11.1 Å². The van der Waals surface area contributed by atoms with E-state index in [4.69, 9.17) is 5.73 Å². The highest BCUT2D eigenvalue weighted by atomic mass is 32.1. The minimum atomic E-state index is -0.105. The molecule has 0 aliphatic heterocycles. The van der Waals surface area contributed by atoms with Crippen molar-refractivity contribution in [3.8, 4) is 0 Å². The number of thiazole rings is 1. The van der Waals surface area contributed by atoms with Gasteiger partial charge in [0.25, 0.3) is 5.91 Å². The Labute approximate surface area is 118 Å². The van der Waals surface area contributed by atoms with Gasteiger partial charge in [-0.25, -0.2) is 4.98 Å². The molecule has 106 valence electrons. The first kappa shape index (κ1) is 14.5. The van der Waals surface area contributed by atoms with Crippen molar-refractivity contribution in [2.45, 2.75) is 58.0 Å². The lowest BCUT2D eigenvalue weighted by Gasteiger charge is -2.28. The Morgan fingerprint density at radius 1 is 1.53 bits per heavy atom. The van der Waals surface area contributed by atoms with Crippen LogP contribution in [-0.2, 0) is 0 Å². The van der Waals surface area contributed by atoms with Gasteiger partial charge >= 0.3 is 0 Å². The lowest BCUT2D eigenvalue weighted by atomic mass is 9.84. The molecule has 0 aromatic carbocycles. The number of amides is 1. The number of hydrogen-bond acceptors (Lipinski definition) is 4. The third kappa shape index (κ3) is 3.76. The summed E-state index contributed by atoms with van der Waals surface area (Å²) >= 11 is 1.46. The van der Waals surface area contributed by atoms with Crippen molar-refractivity contribution in [2.75, 3.05) is 0 Å². The van der Waals surface area contributed by atoms with Crippen LogP contribution in [0.15, 0.2) is 5.38 Å². The van der Waals surface area contributed by atoms with Crippen molar-refractivity contribution in [2.24, 2.45) is 11.7 Å². The fraction of sp³-hybridized carbons (Fsp3) is 0.714. The highest BCUT2D eigenvalue weighted by molar-refractivity contribution is 7.09. The molecule has 1 unspecified atom stereocenters. The number of carbonyl (C=O) groups excluding carboxylic acids is 1. The van der Waals surface area contributed by atoms with Crippen LogP contribution >= 0.6 is 11.3 Å². The molecule has 0 saturated heterocycles. The van der Waals surface area contributed by atoms with Crippen molar-refractivity contribution in [3.63, 3.8) is 0 Å². The SMILES string of the molecule is CCC1CCC(NC(=O)c2csc(C(C)N)n2)CC1. The standard InChI is InChI=1S/C14H23N3OS/c1-3-10-4-6-11(7-5-10)16-13(18)12-8-19-14(17-12)9(2)15/h8-11H,3-7,15H2,1-2H3,(H,16,18). The number of hydrogen-bond donors (Lipinski definition) is 2. The molecule has 0 spiro atoms. The van der Waals surface area contributed by atoms with E-state index in [2.05, 4.69) is 17.2 Å². The molecule has 1 atom stereocenters. The zero-order valence-electron chi connectivity index (χ0n) is 11.7. The second kappa shape index (κ2) is 6.48. The topological polar surface area (TPSA) is 68.0 Å². The summed E-state index contributed by atoms with van der Waals surface area (Å²) < 4.78 is 0. The van der Waals surface area contributed by atoms with Crippen molar-refractivity contribution >= 4 is 17.2 Å². The maximum Gasteiger partial charge on any atom is 0.270 e. The van der Waals surface area contributed by atoms with Crippen LogP contribution in [-0.4, -0.2) is 16.9 Å². The van der Waals surface area contributed by atoms with Crippen LogP contribution in [0.2, 0.25) is 0 Å². The molecular formula is C14H23N3OS. The molecule has 1 heterocycles. The number of aromatic nitrogens is 1. The summed E-state index contributed by atoms with van der Waals surface area (Å²) in [5.74, 6) is 0.792. The van der Waals surface area contributed by atoms with Crippen LogP contribution < -0.4 is 11.1 Å². The van der Waals surface area contributed by atoms with Gasteiger partial charge in [0.1, 0.15) is 10.7 Å². The quantitative estimate of drug-likeness (QED) is 0.891. The molecule has 3 N–H and O–H groups in total. The molecule has 4 nitrogen and oxygen atoms in total. The molecule has 1 aliphatic rings. The van der Waals surface area contributed by atoms with Gasteiger partial charge in [-0.05, 0) is 38.5 Å². The molecule has 1 saturated carbocycles. The fourth-order valence-electron chi connectivity index (χ4n) is 2.58. The monoisotopic (exact) mass is 281 g/mol. The normalized spacial score (nSPS) is 25.0. The molecule has 1 amide bonds. The average molecular weight is 281 g/mol. The van der Waals surface area contributed by atoms with Gasteiger partial charge in [-0.2, -0.15) is 0 Å². The highest BCUT2D eigenvalue weighted by Gasteiger charge is 2.22. The van der Waals surface area contributed by atoms with E-state index in [1.165, 1.54) is 30.6 Å². The van der Waals surface area contributed by atoms with Gasteiger partial charge in [0.15, 0.2) is 0 Å². The molecule has 2 rings (SSSR count). The summed E-state index contributed by atoms with van der Waals surface area (Å²) in [7, 11) is 0. The molecule has 1 fully saturated rings. The fourth-order valence-corrected chi connectivity index (χ4v) is 3.33. The van der Waals surface area contributed by atoms with E-state index in [0.717, 1.165) is 23.8 Å². The predicted molar refractivity (Wildman–Crippen MR) is 78.2 cm³/mol. The first-order chi connectivity index (χ1) is 9.10. The number of carbonyl (C=O) groups is 1. The summed E-state index contributed by atoms with van der Waals surface area (Å²) in [4.78, 5) is 16.4. The first-order valence-electron chi connectivity index (χ1n) is 7.12. The van der Waals surface area contributed by atoms with E-state index >= 15 is 0 Å². The second-order valence-corrected chi connectivity index (χ2v) is 6.35. The van der Waals surface area contributed by atoms with E-state index in [1.807, 2.05) is 6.92 Å². The molecule has 1 aromatic rings. The Bertz CT molecular complexity index is 422. The maximum absolute atomic E-state index is 12.1. The highest BCUT2D eigenvalue weighted by Crippen LogP contribution is 2.26. The molecule has 1 aromatic heterocycles. The van der Waals surface area contributed by atoms with Crippen LogP contribution in [0.1, 0.15) is 67.5 Å². The van der Waals surface area contributed by atoms with E-state index in [1.54, 1.807) is 5.38 Å². The van der Waals surface area contributed by atoms with Crippen LogP contribution in [0.5, 0.6) is 0 Å². The smallest absolute Gasteiger partial charge is 0.270 e. The van der Waals surface area contributed by atoms with Gasteiger partial charge in [-0.15, -0.1) is 11.3 Å². The average Bonchev–Trinajstić information content (AvgIpc) is 2.89. The van der Waals surface area contributed by atoms with E-state index < -0.39 is 0 Å². The molecular weight excluding hydrogens is 258 g/mol. The van der Waals surface area contributed by atoms with Crippen LogP contribution in [0.25, 0.3) is 0 Å². The van der Waals surface area contributed by atoms with Crippen molar-refractivity contribution in [1.29, 1.82) is 0 Å². The second-order valence-electron chi connectivity index (χ2n) is 5.46. The largest absolute Gasteiger partial charge is 0.348 e. The third-order valence-corrected chi connectivity index (χ3v) is 4.95. The maximum atomic E-state index is 12.1. The summed E-state index contributed by atoms with van der Waals surface area (Å²) in [6, 6.07) is 0.210. The summed E-state index contributed by atoms with van der Waals surface area (Å²) in [6.07, 6.45) is 5.89. The molecule has 0 bridgehead atoms. The minimum absolute atomic E-state index is 0.0527. The van der Waals surface area contributed by atoms with Gasteiger partial charge in [-0.3, -0.25) is 4.79 Å². The van der Waals surface area contributed by atoms with Crippen molar-refractivity contribution < 1.29 is 4.79 Å². The van der Waals surface area contributed by atoms with Crippen molar-refractivity contribution in [1.82, 2.24) is 10.3 Å². The minimum Gasteiger partial charge on any atom is -0.348 e. The Morgan fingerprint density at radius 2 is 2.21 bits per heavy atom. The number of nitrogens with zero attached hydrogens (tertiary/aromatic N) is 1. The Balaban J connectivity index is 1.87.